The highest BCUT2D eigenvalue weighted by molar-refractivity contribution is 5.90. The monoisotopic (exact) mass is 272 g/mol. The van der Waals surface area contributed by atoms with Crippen molar-refractivity contribution in [2.24, 2.45) is 5.73 Å². The van der Waals surface area contributed by atoms with Crippen LogP contribution in [-0.2, 0) is 4.79 Å². The molecule has 18 heavy (non-hydrogen) atoms. The van der Waals surface area contributed by atoms with Crippen molar-refractivity contribution in [3.63, 3.8) is 0 Å². The summed E-state index contributed by atoms with van der Waals surface area (Å²) in [5.74, 6) is 0.770. The van der Waals surface area contributed by atoms with E-state index in [4.69, 9.17) is 10.5 Å². The second kappa shape index (κ2) is 9.74. The minimum absolute atomic E-state index is 0. The Morgan fingerprint density at radius 1 is 1.44 bits per heavy atom. The number of nitrogens with one attached hydrogen (secondary N) is 1. The normalized spacial score (nSPS) is 9.44. The zero-order valence-electron chi connectivity index (χ0n) is 10.6. The van der Waals surface area contributed by atoms with Crippen LogP contribution in [0, 0.1) is 0 Å². The average molecular weight is 273 g/mol. The molecule has 0 aliphatic carbocycles. The fourth-order valence-corrected chi connectivity index (χ4v) is 1.37. The second-order valence-electron chi connectivity index (χ2n) is 3.82. The maximum atomic E-state index is 11.5. The number of amides is 1. The van der Waals surface area contributed by atoms with E-state index in [0.29, 0.717) is 26.0 Å². The molecule has 1 rings (SSSR count). The molecular formula is C13H21ClN2O2. The smallest absolute Gasteiger partial charge is 0.224 e. The fourth-order valence-electron chi connectivity index (χ4n) is 1.37. The summed E-state index contributed by atoms with van der Waals surface area (Å²) in [5, 5.41) is 2.82. The first kappa shape index (κ1) is 16.7. The van der Waals surface area contributed by atoms with E-state index in [1.807, 2.05) is 24.3 Å². The quantitative estimate of drug-likeness (QED) is 0.802. The third-order valence-electron chi connectivity index (χ3n) is 2.20. The summed E-state index contributed by atoms with van der Waals surface area (Å²) in [4.78, 5) is 11.5. The van der Waals surface area contributed by atoms with Gasteiger partial charge in [0.2, 0.25) is 5.91 Å². The Morgan fingerprint density at radius 2 is 2.22 bits per heavy atom. The molecule has 1 amide bonds. The molecule has 0 fully saturated rings. The fraction of sp³-hybridized carbons (Fsp3) is 0.462. The lowest BCUT2D eigenvalue weighted by Crippen LogP contribution is -2.13. The number of hydrogen-bond donors (Lipinski definition) is 2. The van der Waals surface area contributed by atoms with Gasteiger partial charge in [-0.15, -0.1) is 12.4 Å². The molecule has 0 saturated heterocycles. The number of carbonyl (C=O) groups is 1. The van der Waals surface area contributed by atoms with Gasteiger partial charge < -0.3 is 15.8 Å². The van der Waals surface area contributed by atoms with Crippen LogP contribution in [0.2, 0.25) is 0 Å². The topological polar surface area (TPSA) is 64.3 Å². The molecule has 1 aromatic rings. The van der Waals surface area contributed by atoms with E-state index in [1.54, 1.807) is 0 Å². The maximum Gasteiger partial charge on any atom is 0.224 e. The van der Waals surface area contributed by atoms with Crippen LogP contribution in [0.15, 0.2) is 24.3 Å². The van der Waals surface area contributed by atoms with Crippen molar-refractivity contribution in [1.82, 2.24) is 0 Å². The van der Waals surface area contributed by atoms with Crippen LogP contribution in [0.25, 0.3) is 0 Å². The van der Waals surface area contributed by atoms with Crippen LogP contribution in [0.1, 0.15) is 26.2 Å². The van der Waals surface area contributed by atoms with Gasteiger partial charge in [0, 0.05) is 18.2 Å². The van der Waals surface area contributed by atoms with E-state index in [-0.39, 0.29) is 18.3 Å². The first-order valence-corrected chi connectivity index (χ1v) is 5.99. The molecule has 0 heterocycles. The van der Waals surface area contributed by atoms with Crippen molar-refractivity contribution in [3.05, 3.63) is 24.3 Å². The summed E-state index contributed by atoms with van der Waals surface area (Å²) in [6, 6.07) is 7.42. The number of nitrogens with two attached hydrogens (primary N) is 1. The van der Waals surface area contributed by atoms with E-state index < -0.39 is 0 Å². The SMILES string of the molecule is CCCOc1cccc(NC(=O)CCCN)c1.Cl. The molecule has 0 spiro atoms. The van der Waals surface area contributed by atoms with E-state index in [2.05, 4.69) is 12.2 Å². The Hall–Kier alpha value is -1.26. The van der Waals surface area contributed by atoms with E-state index in [0.717, 1.165) is 17.9 Å². The van der Waals surface area contributed by atoms with Gasteiger partial charge in [0.15, 0.2) is 0 Å². The van der Waals surface area contributed by atoms with Crippen LogP contribution in [-0.4, -0.2) is 19.1 Å². The van der Waals surface area contributed by atoms with Gasteiger partial charge in [-0.2, -0.15) is 0 Å². The largest absolute Gasteiger partial charge is 0.494 e. The zero-order valence-corrected chi connectivity index (χ0v) is 11.5. The van der Waals surface area contributed by atoms with Crippen molar-refractivity contribution >= 4 is 24.0 Å². The van der Waals surface area contributed by atoms with Crippen LogP contribution in [0.4, 0.5) is 5.69 Å². The van der Waals surface area contributed by atoms with Gasteiger partial charge in [-0.05, 0) is 31.5 Å². The third-order valence-corrected chi connectivity index (χ3v) is 2.20. The molecule has 0 unspecified atom stereocenters. The molecule has 0 radical (unpaired) electrons. The lowest BCUT2D eigenvalue weighted by molar-refractivity contribution is -0.116. The molecule has 5 heteroatoms. The van der Waals surface area contributed by atoms with Crippen molar-refractivity contribution in [2.75, 3.05) is 18.5 Å². The van der Waals surface area contributed by atoms with Gasteiger partial charge in [0.25, 0.3) is 0 Å². The first-order valence-electron chi connectivity index (χ1n) is 5.99. The molecule has 102 valence electrons. The van der Waals surface area contributed by atoms with Gasteiger partial charge in [0.1, 0.15) is 5.75 Å². The predicted molar refractivity (Wildman–Crippen MR) is 76.4 cm³/mol. The van der Waals surface area contributed by atoms with Gasteiger partial charge in [0.05, 0.1) is 6.61 Å². The van der Waals surface area contributed by atoms with Crippen molar-refractivity contribution in [1.29, 1.82) is 0 Å². The van der Waals surface area contributed by atoms with Gasteiger partial charge in [-0.3, -0.25) is 4.79 Å². The number of hydrogen-bond acceptors (Lipinski definition) is 3. The zero-order chi connectivity index (χ0) is 12.5. The van der Waals surface area contributed by atoms with E-state index in [9.17, 15) is 4.79 Å². The van der Waals surface area contributed by atoms with Crippen LogP contribution in [0.3, 0.4) is 0 Å². The van der Waals surface area contributed by atoms with E-state index >= 15 is 0 Å². The van der Waals surface area contributed by atoms with Crippen molar-refractivity contribution in [3.8, 4) is 5.75 Å². The highest BCUT2D eigenvalue weighted by Crippen LogP contribution is 2.17. The number of anilines is 1. The average Bonchev–Trinajstić information content (AvgIpc) is 2.34. The summed E-state index contributed by atoms with van der Waals surface area (Å²) in [7, 11) is 0. The Labute approximate surface area is 114 Å². The molecular weight excluding hydrogens is 252 g/mol. The highest BCUT2D eigenvalue weighted by atomic mass is 35.5. The maximum absolute atomic E-state index is 11.5. The van der Waals surface area contributed by atoms with Gasteiger partial charge in [-0.1, -0.05) is 13.0 Å². The summed E-state index contributed by atoms with van der Waals surface area (Å²) in [6.07, 6.45) is 2.13. The molecule has 0 aliphatic heterocycles. The molecule has 0 atom stereocenters. The van der Waals surface area contributed by atoms with E-state index in [1.165, 1.54) is 0 Å². The third kappa shape index (κ3) is 6.47. The van der Waals surface area contributed by atoms with Gasteiger partial charge in [-0.25, -0.2) is 0 Å². The van der Waals surface area contributed by atoms with Crippen LogP contribution < -0.4 is 15.8 Å². The number of halogens is 1. The Morgan fingerprint density at radius 3 is 2.89 bits per heavy atom. The Bertz CT molecular complexity index is 359. The molecule has 1 aromatic carbocycles. The minimum atomic E-state index is -0.0110. The Balaban J connectivity index is 0.00000289. The minimum Gasteiger partial charge on any atom is -0.494 e. The number of carbonyl (C=O) groups excluding carboxylic acids is 1. The standard InChI is InChI=1S/C13H20N2O2.ClH/c1-2-9-17-12-6-3-5-11(10-12)15-13(16)7-4-8-14;/h3,5-6,10H,2,4,7-9,14H2,1H3,(H,15,16);1H. The summed E-state index contributed by atoms with van der Waals surface area (Å²) in [5.41, 5.74) is 6.11. The predicted octanol–water partition coefficient (Wildman–Crippen LogP) is 2.57. The lowest BCUT2D eigenvalue weighted by atomic mass is 10.2. The molecule has 4 nitrogen and oxygen atoms in total. The molecule has 0 saturated carbocycles. The molecule has 0 aliphatic rings. The number of ether oxygens (including phenoxy) is 1. The Kier molecular flexibility index (Phi) is 9.06. The van der Waals surface area contributed by atoms with Crippen molar-refractivity contribution < 1.29 is 9.53 Å². The highest BCUT2D eigenvalue weighted by Gasteiger charge is 2.02. The first-order chi connectivity index (χ1) is 8.26. The van der Waals surface area contributed by atoms with Gasteiger partial charge >= 0.3 is 0 Å². The number of benzene rings is 1. The number of rotatable bonds is 7. The van der Waals surface area contributed by atoms with Crippen LogP contribution in [0.5, 0.6) is 5.75 Å². The molecule has 0 aromatic heterocycles. The summed E-state index contributed by atoms with van der Waals surface area (Å²) in [6.45, 7) is 3.27. The summed E-state index contributed by atoms with van der Waals surface area (Å²) >= 11 is 0. The molecule has 0 bridgehead atoms. The molecule has 3 N–H and O–H groups in total. The van der Waals surface area contributed by atoms with Crippen LogP contribution >= 0.6 is 12.4 Å². The van der Waals surface area contributed by atoms with Crippen molar-refractivity contribution in [2.45, 2.75) is 26.2 Å². The lowest BCUT2D eigenvalue weighted by Gasteiger charge is -2.08. The summed E-state index contributed by atoms with van der Waals surface area (Å²) < 4.78 is 5.49. The second-order valence-corrected chi connectivity index (χ2v) is 3.82.